The van der Waals surface area contributed by atoms with Gasteiger partial charge in [-0.2, -0.15) is 5.10 Å². The van der Waals surface area contributed by atoms with Crippen molar-refractivity contribution in [1.82, 2.24) is 10.2 Å². The summed E-state index contributed by atoms with van der Waals surface area (Å²) in [5, 5.41) is 6.89. The molecule has 3 nitrogen and oxygen atoms in total. The molecular formula is C13H16FN3. The molecule has 0 radical (unpaired) electrons. The first kappa shape index (κ1) is 11.6. The minimum absolute atomic E-state index is 0.243. The highest BCUT2D eigenvalue weighted by Crippen LogP contribution is 2.32. The number of aryl methyl sites for hydroxylation is 1. The van der Waals surface area contributed by atoms with E-state index >= 15 is 0 Å². The van der Waals surface area contributed by atoms with Crippen LogP contribution in [0.3, 0.4) is 0 Å². The molecule has 2 aromatic rings. The summed E-state index contributed by atoms with van der Waals surface area (Å²) >= 11 is 0. The monoisotopic (exact) mass is 233 g/mol. The lowest BCUT2D eigenvalue weighted by Gasteiger charge is -2.08. The fraction of sp³-hybridized carbons (Fsp3) is 0.308. The van der Waals surface area contributed by atoms with E-state index in [4.69, 9.17) is 5.73 Å². The summed E-state index contributed by atoms with van der Waals surface area (Å²) in [6.45, 7) is 5.94. The molecule has 0 unspecified atom stereocenters. The van der Waals surface area contributed by atoms with Crippen LogP contribution in [-0.2, 0) is 0 Å². The number of rotatable bonds is 2. The average molecular weight is 233 g/mol. The van der Waals surface area contributed by atoms with Crippen molar-refractivity contribution < 1.29 is 4.39 Å². The highest BCUT2D eigenvalue weighted by molar-refractivity contribution is 5.69. The molecule has 0 aliphatic rings. The van der Waals surface area contributed by atoms with Crippen LogP contribution in [0.1, 0.15) is 30.9 Å². The van der Waals surface area contributed by atoms with Gasteiger partial charge in [0.25, 0.3) is 0 Å². The molecule has 3 N–H and O–H groups in total. The lowest BCUT2D eigenvalue weighted by atomic mass is 9.98. The number of halogens is 1. The molecule has 0 aliphatic heterocycles. The van der Waals surface area contributed by atoms with Gasteiger partial charge in [0.05, 0.1) is 5.69 Å². The van der Waals surface area contributed by atoms with Gasteiger partial charge in [0, 0.05) is 11.1 Å². The van der Waals surface area contributed by atoms with Gasteiger partial charge in [0.1, 0.15) is 11.6 Å². The Balaban J connectivity index is 2.60. The van der Waals surface area contributed by atoms with Crippen molar-refractivity contribution in [2.45, 2.75) is 26.7 Å². The second kappa shape index (κ2) is 4.20. The predicted octanol–water partition coefficient (Wildman–Crippen LogP) is 3.23. The summed E-state index contributed by atoms with van der Waals surface area (Å²) in [4.78, 5) is 0. The van der Waals surface area contributed by atoms with Crippen molar-refractivity contribution >= 4 is 5.82 Å². The van der Waals surface area contributed by atoms with E-state index in [0.29, 0.717) is 5.82 Å². The number of H-pyrrole nitrogens is 1. The zero-order chi connectivity index (χ0) is 12.6. The van der Waals surface area contributed by atoms with Gasteiger partial charge in [0.15, 0.2) is 0 Å². The number of aromatic amines is 1. The van der Waals surface area contributed by atoms with Crippen molar-refractivity contribution in [3.05, 3.63) is 35.1 Å². The number of hydrogen-bond donors (Lipinski definition) is 2. The smallest absolute Gasteiger partial charge is 0.149 e. The van der Waals surface area contributed by atoms with E-state index in [1.54, 1.807) is 0 Å². The molecule has 0 spiro atoms. The molecule has 0 saturated heterocycles. The highest BCUT2D eigenvalue weighted by Gasteiger charge is 2.16. The maximum absolute atomic E-state index is 13.4. The number of anilines is 1. The molecule has 4 heteroatoms. The Kier molecular flexibility index (Phi) is 2.88. The van der Waals surface area contributed by atoms with Crippen molar-refractivity contribution in [1.29, 1.82) is 0 Å². The average Bonchev–Trinajstić information content (AvgIpc) is 2.58. The van der Waals surface area contributed by atoms with Crippen LogP contribution in [0.5, 0.6) is 0 Å². The molecule has 17 heavy (non-hydrogen) atoms. The number of aromatic nitrogens is 2. The molecule has 1 aromatic heterocycles. The first-order chi connectivity index (χ1) is 7.99. The van der Waals surface area contributed by atoms with Crippen LogP contribution >= 0.6 is 0 Å². The van der Waals surface area contributed by atoms with Gasteiger partial charge in [-0.3, -0.25) is 5.10 Å². The van der Waals surface area contributed by atoms with Gasteiger partial charge < -0.3 is 5.73 Å². The van der Waals surface area contributed by atoms with Crippen molar-refractivity contribution in [2.24, 2.45) is 0 Å². The maximum Gasteiger partial charge on any atom is 0.149 e. The number of nitrogens with zero attached hydrogens (tertiary/aromatic N) is 1. The molecule has 90 valence electrons. The van der Waals surface area contributed by atoms with E-state index in [9.17, 15) is 4.39 Å². The summed E-state index contributed by atoms with van der Waals surface area (Å²) in [7, 11) is 0. The number of nitrogens with one attached hydrogen (secondary N) is 1. The van der Waals surface area contributed by atoms with E-state index in [1.165, 1.54) is 12.1 Å². The molecule has 0 aliphatic carbocycles. The normalized spacial score (nSPS) is 11.1. The summed E-state index contributed by atoms with van der Waals surface area (Å²) in [6, 6.07) is 4.91. The third kappa shape index (κ3) is 2.16. The van der Waals surface area contributed by atoms with Gasteiger partial charge in [-0.25, -0.2) is 4.39 Å². The molecule has 0 atom stereocenters. The van der Waals surface area contributed by atoms with E-state index < -0.39 is 0 Å². The fourth-order valence-corrected chi connectivity index (χ4v) is 2.05. The molecule has 0 amide bonds. The summed E-state index contributed by atoms with van der Waals surface area (Å²) in [5.74, 6) is 0.479. The third-order valence-corrected chi connectivity index (χ3v) is 2.74. The number of hydrogen-bond acceptors (Lipinski definition) is 2. The predicted molar refractivity (Wildman–Crippen MR) is 67.2 cm³/mol. The van der Waals surface area contributed by atoms with Crippen LogP contribution < -0.4 is 5.73 Å². The van der Waals surface area contributed by atoms with Gasteiger partial charge in [-0.05, 0) is 36.6 Å². The minimum Gasteiger partial charge on any atom is -0.382 e. The van der Waals surface area contributed by atoms with Crippen LogP contribution in [-0.4, -0.2) is 10.2 Å². The van der Waals surface area contributed by atoms with Crippen molar-refractivity contribution in [2.75, 3.05) is 5.73 Å². The first-order valence-electron chi connectivity index (χ1n) is 5.60. The Bertz CT molecular complexity index is 523. The summed E-state index contributed by atoms with van der Waals surface area (Å²) < 4.78 is 13.4. The Labute approximate surface area is 99.9 Å². The molecule has 1 aromatic carbocycles. The zero-order valence-electron chi connectivity index (χ0n) is 10.2. The second-order valence-corrected chi connectivity index (χ2v) is 4.57. The molecular weight excluding hydrogens is 217 g/mol. The van der Waals surface area contributed by atoms with Crippen molar-refractivity contribution in [3.8, 4) is 11.3 Å². The van der Waals surface area contributed by atoms with E-state index in [1.807, 2.05) is 26.8 Å². The lowest BCUT2D eigenvalue weighted by molar-refractivity contribution is 0.627. The largest absolute Gasteiger partial charge is 0.382 e. The third-order valence-electron chi connectivity index (χ3n) is 2.74. The Morgan fingerprint density at radius 1 is 1.29 bits per heavy atom. The van der Waals surface area contributed by atoms with E-state index in [-0.39, 0.29) is 11.7 Å². The number of nitrogens with two attached hydrogens (primary N) is 1. The summed E-state index contributed by atoms with van der Waals surface area (Å²) in [5.41, 5.74) is 9.23. The van der Waals surface area contributed by atoms with Crippen molar-refractivity contribution in [3.63, 3.8) is 0 Å². The van der Waals surface area contributed by atoms with Crippen LogP contribution in [0.25, 0.3) is 11.3 Å². The summed E-state index contributed by atoms with van der Waals surface area (Å²) in [6.07, 6.45) is 0. The number of benzene rings is 1. The molecule has 0 saturated carbocycles. The minimum atomic E-state index is -0.247. The Hall–Kier alpha value is -1.84. The van der Waals surface area contributed by atoms with Gasteiger partial charge in [-0.1, -0.05) is 13.8 Å². The van der Waals surface area contributed by atoms with Gasteiger partial charge >= 0.3 is 0 Å². The molecule has 0 fully saturated rings. The second-order valence-electron chi connectivity index (χ2n) is 4.57. The SMILES string of the molecule is Cc1cc(F)cc(-c2[nH]nc(N)c2C(C)C)c1. The standard InChI is InChI=1S/C13H16FN3/c1-7(2)11-12(16-17-13(11)15)9-4-8(3)5-10(14)6-9/h4-7H,1-3H3,(H3,15,16,17). The van der Waals surface area contributed by atoms with Gasteiger partial charge in [0.2, 0.25) is 0 Å². The highest BCUT2D eigenvalue weighted by atomic mass is 19.1. The molecule has 0 bridgehead atoms. The fourth-order valence-electron chi connectivity index (χ4n) is 2.05. The molecule has 1 heterocycles. The first-order valence-corrected chi connectivity index (χ1v) is 5.60. The van der Waals surface area contributed by atoms with Crippen LogP contribution in [0.15, 0.2) is 18.2 Å². The molecule has 2 rings (SSSR count). The topological polar surface area (TPSA) is 54.7 Å². The lowest BCUT2D eigenvalue weighted by Crippen LogP contribution is -1.95. The number of nitrogen functional groups attached to an aromatic ring is 1. The quantitative estimate of drug-likeness (QED) is 0.836. The van der Waals surface area contributed by atoms with Gasteiger partial charge in [-0.15, -0.1) is 0 Å². The van der Waals surface area contributed by atoms with E-state index in [0.717, 1.165) is 22.4 Å². The van der Waals surface area contributed by atoms with Crippen LogP contribution in [0.2, 0.25) is 0 Å². The van der Waals surface area contributed by atoms with Crippen LogP contribution in [0.4, 0.5) is 10.2 Å². The maximum atomic E-state index is 13.4. The zero-order valence-corrected chi connectivity index (χ0v) is 10.2. The Morgan fingerprint density at radius 3 is 2.59 bits per heavy atom. The Morgan fingerprint density at radius 2 is 2.00 bits per heavy atom. The van der Waals surface area contributed by atoms with E-state index in [2.05, 4.69) is 10.2 Å². The van der Waals surface area contributed by atoms with Crippen LogP contribution in [0, 0.1) is 12.7 Å².